The van der Waals surface area contributed by atoms with Gasteiger partial charge in [0.15, 0.2) is 0 Å². The Morgan fingerprint density at radius 2 is 2.10 bits per heavy atom. The predicted molar refractivity (Wildman–Crippen MR) is 69.4 cm³/mol. The molecule has 2 N–H and O–H groups in total. The molecule has 0 spiro atoms. The minimum atomic E-state index is -1.22. The van der Waals surface area contributed by atoms with Crippen LogP contribution in [0.25, 0.3) is 0 Å². The second-order valence-corrected chi connectivity index (χ2v) is 4.38. The normalized spacial score (nSPS) is 15.6. The average Bonchev–Trinajstić information content (AvgIpc) is 2.69. The molecule has 0 radical (unpaired) electrons. The molecule has 20 heavy (non-hydrogen) atoms. The monoisotopic (exact) mass is 282 g/mol. The van der Waals surface area contributed by atoms with Crippen LogP contribution in [-0.4, -0.2) is 48.3 Å². The average molecular weight is 282 g/mol. The number of carbonyl (C=O) groups excluding carboxylic acids is 1. The van der Waals surface area contributed by atoms with E-state index in [1.165, 1.54) is 17.0 Å². The first kappa shape index (κ1) is 14.3. The third-order valence-electron chi connectivity index (χ3n) is 2.97. The zero-order chi connectivity index (χ0) is 14.5. The van der Waals surface area contributed by atoms with Crippen LogP contribution < -0.4 is 5.32 Å². The lowest BCUT2D eigenvalue weighted by Gasteiger charge is -2.20. The number of amides is 2. The summed E-state index contributed by atoms with van der Waals surface area (Å²) in [6.07, 6.45) is 0.730. The van der Waals surface area contributed by atoms with E-state index in [0.29, 0.717) is 26.3 Å². The molecule has 0 saturated carbocycles. The Kier molecular flexibility index (Phi) is 4.52. The smallest absolute Gasteiger partial charge is 0.335 e. The van der Waals surface area contributed by atoms with E-state index in [2.05, 4.69) is 5.32 Å². The van der Waals surface area contributed by atoms with E-state index in [1.807, 2.05) is 0 Å². The summed E-state index contributed by atoms with van der Waals surface area (Å²) in [6.45, 7) is 2.04. The van der Waals surface area contributed by atoms with Crippen LogP contribution in [0.15, 0.2) is 18.2 Å². The van der Waals surface area contributed by atoms with Gasteiger partial charge in [-0.2, -0.15) is 0 Å². The summed E-state index contributed by atoms with van der Waals surface area (Å²) < 4.78 is 18.9. The van der Waals surface area contributed by atoms with Crippen molar-refractivity contribution in [2.45, 2.75) is 6.42 Å². The summed E-state index contributed by atoms with van der Waals surface area (Å²) in [5.74, 6) is -1.99. The van der Waals surface area contributed by atoms with E-state index >= 15 is 0 Å². The van der Waals surface area contributed by atoms with Gasteiger partial charge >= 0.3 is 12.0 Å². The Bertz CT molecular complexity index is 513. The molecule has 1 aliphatic heterocycles. The molecule has 0 unspecified atom stereocenters. The zero-order valence-corrected chi connectivity index (χ0v) is 10.8. The Morgan fingerprint density at radius 3 is 2.80 bits per heavy atom. The van der Waals surface area contributed by atoms with Gasteiger partial charge in [-0.25, -0.2) is 14.0 Å². The number of hydrogen-bond acceptors (Lipinski definition) is 3. The third kappa shape index (κ3) is 3.45. The topological polar surface area (TPSA) is 78.9 Å². The maximum Gasteiger partial charge on any atom is 0.335 e. The fourth-order valence-corrected chi connectivity index (χ4v) is 1.89. The molecule has 0 aliphatic carbocycles. The second-order valence-electron chi connectivity index (χ2n) is 4.38. The standard InChI is InChI=1S/C13H15FN2O4/c14-10-8-9(12(17)18)2-3-11(10)15-13(19)16-4-1-6-20-7-5-16/h2-3,8H,1,4-7H2,(H,15,19)(H,17,18). The quantitative estimate of drug-likeness (QED) is 0.866. The Labute approximate surface area is 115 Å². The number of anilines is 1. The molecule has 1 heterocycles. The third-order valence-corrected chi connectivity index (χ3v) is 2.97. The lowest BCUT2D eigenvalue weighted by atomic mass is 10.2. The highest BCUT2D eigenvalue weighted by Crippen LogP contribution is 2.16. The van der Waals surface area contributed by atoms with Gasteiger partial charge < -0.3 is 20.1 Å². The molecule has 1 aromatic rings. The van der Waals surface area contributed by atoms with Crippen LogP contribution in [0.3, 0.4) is 0 Å². The summed E-state index contributed by atoms with van der Waals surface area (Å²) >= 11 is 0. The van der Waals surface area contributed by atoms with Crippen molar-refractivity contribution in [3.05, 3.63) is 29.6 Å². The van der Waals surface area contributed by atoms with Crippen LogP contribution in [0.2, 0.25) is 0 Å². The lowest BCUT2D eigenvalue weighted by Crippen LogP contribution is -2.36. The van der Waals surface area contributed by atoms with E-state index in [1.54, 1.807) is 0 Å². The highest BCUT2D eigenvalue weighted by molar-refractivity contribution is 5.91. The molecule has 1 aliphatic rings. The largest absolute Gasteiger partial charge is 0.478 e. The Hall–Kier alpha value is -2.15. The number of carbonyl (C=O) groups is 2. The molecule has 1 saturated heterocycles. The first-order chi connectivity index (χ1) is 9.58. The lowest BCUT2D eigenvalue weighted by molar-refractivity contribution is 0.0696. The first-order valence-electron chi connectivity index (χ1n) is 6.24. The van der Waals surface area contributed by atoms with Crippen LogP contribution in [-0.2, 0) is 4.74 Å². The summed E-state index contributed by atoms with van der Waals surface area (Å²) in [4.78, 5) is 24.2. The van der Waals surface area contributed by atoms with Crippen LogP contribution in [0, 0.1) is 5.82 Å². The van der Waals surface area contributed by atoms with Gasteiger partial charge in [0.2, 0.25) is 0 Å². The van der Waals surface area contributed by atoms with Crippen molar-refractivity contribution in [2.75, 3.05) is 31.6 Å². The van der Waals surface area contributed by atoms with Crippen molar-refractivity contribution in [1.29, 1.82) is 0 Å². The first-order valence-corrected chi connectivity index (χ1v) is 6.24. The van der Waals surface area contributed by atoms with Crippen molar-refractivity contribution < 1.29 is 23.8 Å². The Morgan fingerprint density at radius 1 is 1.30 bits per heavy atom. The number of benzene rings is 1. The van der Waals surface area contributed by atoms with Crippen molar-refractivity contribution in [3.8, 4) is 0 Å². The number of nitrogens with zero attached hydrogens (tertiary/aromatic N) is 1. The fourth-order valence-electron chi connectivity index (χ4n) is 1.89. The van der Waals surface area contributed by atoms with Gasteiger partial charge in [0.1, 0.15) is 5.82 Å². The number of aromatic carboxylic acids is 1. The van der Waals surface area contributed by atoms with Gasteiger partial charge in [-0.1, -0.05) is 0 Å². The summed E-state index contributed by atoms with van der Waals surface area (Å²) in [7, 11) is 0. The highest BCUT2D eigenvalue weighted by Gasteiger charge is 2.17. The van der Waals surface area contributed by atoms with Gasteiger partial charge in [0.25, 0.3) is 0 Å². The second kappa shape index (κ2) is 6.33. The van der Waals surface area contributed by atoms with Crippen LogP contribution >= 0.6 is 0 Å². The Balaban J connectivity index is 2.05. The SMILES string of the molecule is O=C(O)c1ccc(NC(=O)N2CCCOCC2)c(F)c1. The number of hydrogen-bond donors (Lipinski definition) is 2. The molecule has 0 atom stereocenters. The minimum Gasteiger partial charge on any atom is -0.478 e. The molecule has 0 bridgehead atoms. The van der Waals surface area contributed by atoms with Gasteiger partial charge in [0, 0.05) is 19.7 Å². The summed E-state index contributed by atoms with van der Waals surface area (Å²) in [6, 6.07) is 2.94. The predicted octanol–water partition coefficient (Wildman–Crippen LogP) is 1.78. The fraction of sp³-hybridized carbons (Fsp3) is 0.385. The molecular weight excluding hydrogens is 267 g/mol. The van der Waals surface area contributed by atoms with Gasteiger partial charge in [-0.15, -0.1) is 0 Å². The van der Waals surface area contributed by atoms with Crippen molar-refractivity contribution in [1.82, 2.24) is 4.90 Å². The van der Waals surface area contributed by atoms with E-state index in [-0.39, 0.29) is 11.3 Å². The molecule has 1 aromatic carbocycles. The van der Waals surface area contributed by atoms with Gasteiger partial charge in [-0.05, 0) is 24.6 Å². The van der Waals surface area contributed by atoms with Crippen LogP contribution in [0.1, 0.15) is 16.8 Å². The number of halogens is 1. The molecule has 2 amide bonds. The summed E-state index contributed by atoms with van der Waals surface area (Å²) in [5.41, 5.74) is -0.200. The summed E-state index contributed by atoms with van der Waals surface area (Å²) in [5, 5.41) is 11.2. The van der Waals surface area contributed by atoms with Crippen molar-refractivity contribution >= 4 is 17.7 Å². The number of carboxylic acids is 1. The molecular formula is C13H15FN2O4. The van der Waals surface area contributed by atoms with E-state index < -0.39 is 17.8 Å². The molecule has 108 valence electrons. The highest BCUT2D eigenvalue weighted by atomic mass is 19.1. The van der Waals surface area contributed by atoms with Crippen LogP contribution in [0.4, 0.5) is 14.9 Å². The number of rotatable bonds is 2. The maximum absolute atomic E-state index is 13.7. The van der Waals surface area contributed by atoms with Crippen molar-refractivity contribution in [3.63, 3.8) is 0 Å². The zero-order valence-electron chi connectivity index (χ0n) is 10.8. The number of carboxylic acid groups (broad SMARTS) is 1. The van der Waals surface area contributed by atoms with E-state index in [0.717, 1.165) is 12.5 Å². The number of nitrogens with one attached hydrogen (secondary N) is 1. The molecule has 0 aromatic heterocycles. The van der Waals surface area contributed by atoms with E-state index in [9.17, 15) is 14.0 Å². The molecule has 6 nitrogen and oxygen atoms in total. The van der Waals surface area contributed by atoms with E-state index in [4.69, 9.17) is 9.84 Å². The molecule has 2 rings (SSSR count). The minimum absolute atomic E-state index is 0.0369. The van der Waals surface area contributed by atoms with Gasteiger partial charge in [0.05, 0.1) is 17.9 Å². The van der Waals surface area contributed by atoms with Crippen molar-refractivity contribution in [2.24, 2.45) is 0 Å². The molecule has 7 heteroatoms. The number of urea groups is 1. The number of ether oxygens (including phenoxy) is 1. The molecule has 1 fully saturated rings. The van der Waals surface area contributed by atoms with Gasteiger partial charge in [-0.3, -0.25) is 0 Å². The van der Waals surface area contributed by atoms with Crippen LogP contribution in [0.5, 0.6) is 0 Å². The maximum atomic E-state index is 13.7.